The van der Waals surface area contributed by atoms with E-state index in [2.05, 4.69) is 68.1 Å². The van der Waals surface area contributed by atoms with Gasteiger partial charge in [0.2, 0.25) is 0 Å². The Labute approximate surface area is 122 Å². The van der Waals surface area contributed by atoms with Gasteiger partial charge in [-0.2, -0.15) is 0 Å². The lowest BCUT2D eigenvalue weighted by Gasteiger charge is -2.27. The van der Waals surface area contributed by atoms with Gasteiger partial charge in [0, 0.05) is 25.3 Å². The Hall–Kier alpha value is -1.80. The van der Waals surface area contributed by atoms with Crippen LogP contribution in [0.2, 0.25) is 0 Å². The van der Waals surface area contributed by atoms with Crippen LogP contribution in [0.5, 0.6) is 0 Å². The molecule has 0 bridgehead atoms. The van der Waals surface area contributed by atoms with E-state index in [0.29, 0.717) is 6.54 Å². The van der Waals surface area contributed by atoms with Crippen molar-refractivity contribution < 1.29 is 0 Å². The fraction of sp³-hybridized carbons (Fsp3) is 0.333. The monoisotopic (exact) mass is 268 g/mol. The Balaban J connectivity index is 2.29. The molecule has 0 aliphatic carbocycles. The van der Waals surface area contributed by atoms with Gasteiger partial charge in [-0.05, 0) is 43.5 Å². The predicted octanol–water partition coefficient (Wildman–Crippen LogP) is 3.58. The van der Waals surface area contributed by atoms with Gasteiger partial charge in [0.1, 0.15) is 0 Å². The zero-order valence-corrected chi connectivity index (χ0v) is 12.7. The molecule has 2 aromatic carbocycles. The van der Waals surface area contributed by atoms with E-state index >= 15 is 0 Å². The maximum Gasteiger partial charge on any atom is 0.0430 e. The summed E-state index contributed by atoms with van der Waals surface area (Å²) < 4.78 is 0. The van der Waals surface area contributed by atoms with E-state index in [0.717, 1.165) is 13.1 Å². The van der Waals surface area contributed by atoms with Crippen molar-refractivity contribution in [1.29, 1.82) is 0 Å². The molecule has 0 saturated heterocycles. The largest absolute Gasteiger partial charge is 0.366 e. The molecule has 2 nitrogen and oxygen atoms in total. The molecular formula is C18H24N2. The van der Waals surface area contributed by atoms with Crippen LogP contribution < -0.4 is 10.6 Å². The molecule has 20 heavy (non-hydrogen) atoms. The minimum atomic E-state index is 0.666. The minimum absolute atomic E-state index is 0.666. The summed E-state index contributed by atoms with van der Waals surface area (Å²) in [6, 6.07) is 15.1. The molecule has 0 fully saturated rings. The normalized spacial score (nSPS) is 10.6. The molecule has 2 N–H and O–H groups in total. The van der Waals surface area contributed by atoms with Gasteiger partial charge in [0.05, 0.1) is 0 Å². The maximum atomic E-state index is 5.80. The van der Waals surface area contributed by atoms with Crippen LogP contribution >= 0.6 is 0 Å². The van der Waals surface area contributed by atoms with E-state index in [1.54, 1.807) is 0 Å². The van der Waals surface area contributed by atoms with Gasteiger partial charge < -0.3 is 10.6 Å². The first-order valence-electron chi connectivity index (χ1n) is 7.18. The summed E-state index contributed by atoms with van der Waals surface area (Å²) in [5, 5.41) is 0. The lowest BCUT2D eigenvalue weighted by atomic mass is 10.1. The Morgan fingerprint density at radius 3 is 2.45 bits per heavy atom. The summed E-state index contributed by atoms with van der Waals surface area (Å²) in [4.78, 5) is 2.37. The van der Waals surface area contributed by atoms with Gasteiger partial charge in [0.25, 0.3) is 0 Å². The van der Waals surface area contributed by atoms with Crippen LogP contribution in [0.1, 0.15) is 22.3 Å². The Morgan fingerprint density at radius 2 is 1.75 bits per heavy atom. The van der Waals surface area contributed by atoms with Crippen LogP contribution in [-0.4, -0.2) is 13.1 Å². The van der Waals surface area contributed by atoms with E-state index < -0.39 is 0 Å². The molecule has 0 radical (unpaired) electrons. The quantitative estimate of drug-likeness (QED) is 0.898. The number of benzene rings is 2. The molecule has 2 aromatic rings. The lowest BCUT2D eigenvalue weighted by Crippen LogP contribution is -2.29. The second kappa shape index (κ2) is 6.58. The smallest absolute Gasteiger partial charge is 0.0430 e. The molecule has 0 aliphatic rings. The third kappa shape index (κ3) is 3.40. The van der Waals surface area contributed by atoms with Gasteiger partial charge in [-0.1, -0.05) is 42.0 Å². The number of nitrogens with two attached hydrogens (primary N) is 1. The predicted molar refractivity (Wildman–Crippen MR) is 87.2 cm³/mol. The zero-order chi connectivity index (χ0) is 14.5. The molecule has 0 spiro atoms. The number of hydrogen-bond donors (Lipinski definition) is 1. The van der Waals surface area contributed by atoms with E-state index in [-0.39, 0.29) is 0 Å². The molecule has 0 saturated carbocycles. The molecule has 2 rings (SSSR count). The Kier molecular flexibility index (Phi) is 4.80. The highest BCUT2D eigenvalue weighted by atomic mass is 15.1. The molecule has 106 valence electrons. The molecular weight excluding hydrogens is 244 g/mol. The van der Waals surface area contributed by atoms with Gasteiger partial charge in [0.15, 0.2) is 0 Å². The topological polar surface area (TPSA) is 29.3 Å². The zero-order valence-electron chi connectivity index (χ0n) is 12.7. The van der Waals surface area contributed by atoms with Crippen LogP contribution in [-0.2, 0) is 6.54 Å². The summed E-state index contributed by atoms with van der Waals surface area (Å²) in [5.74, 6) is 0. The summed E-state index contributed by atoms with van der Waals surface area (Å²) in [5.41, 5.74) is 12.4. The van der Waals surface area contributed by atoms with Crippen molar-refractivity contribution in [2.24, 2.45) is 5.73 Å². The third-order valence-electron chi connectivity index (χ3n) is 3.77. The number of hydrogen-bond acceptors (Lipinski definition) is 2. The number of nitrogens with zero attached hydrogens (tertiary/aromatic N) is 1. The Morgan fingerprint density at radius 1 is 1.00 bits per heavy atom. The average molecular weight is 268 g/mol. The molecule has 2 heteroatoms. The second-order valence-electron chi connectivity index (χ2n) is 5.42. The second-order valence-corrected chi connectivity index (χ2v) is 5.42. The van der Waals surface area contributed by atoms with E-state index in [9.17, 15) is 0 Å². The van der Waals surface area contributed by atoms with E-state index in [4.69, 9.17) is 5.73 Å². The molecule has 0 aromatic heterocycles. The van der Waals surface area contributed by atoms with Crippen molar-refractivity contribution in [1.82, 2.24) is 0 Å². The minimum Gasteiger partial charge on any atom is -0.366 e. The fourth-order valence-corrected chi connectivity index (χ4v) is 2.55. The average Bonchev–Trinajstić information content (AvgIpc) is 2.42. The molecule has 0 atom stereocenters. The number of anilines is 1. The van der Waals surface area contributed by atoms with Crippen molar-refractivity contribution in [2.75, 3.05) is 18.0 Å². The molecule has 0 aliphatic heterocycles. The maximum absolute atomic E-state index is 5.80. The summed E-state index contributed by atoms with van der Waals surface area (Å²) in [6.45, 7) is 8.92. The van der Waals surface area contributed by atoms with Crippen molar-refractivity contribution in [3.05, 3.63) is 64.7 Å². The highest BCUT2D eigenvalue weighted by Crippen LogP contribution is 2.24. The van der Waals surface area contributed by atoms with Gasteiger partial charge in [-0.15, -0.1) is 0 Å². The number of rotatable bonds is 5. The molecule has 0 amide bonds. The summed E-state index contributed by atoms with van der Waals surface area (Å²) in [6.07, 6.45) is 0. The van der Waals surface area contributed by atoms with Crippen LogP contribution in [0.25, 0.3) is 0 Å². The van der Waals surface area contributed by atoms with Crippen LogP contribution in [0.15, 0.2) is 42.5 Å². The summed E-state index contributed by atoms with van der Waals surface area (Å²) >= 11 is 0. The van der Waals surface area contributed by atoms with Gasteiger partial charge in [-0.3, -0.25) is 0 Å². The van der Waals surface area contributed by atoms with E-state index in [1.807, 2.05) is 0 Å². The number of aryl methyl sites for hydroxylation is 2. The van der Waals surface area contributed by atoms with Crippen LogP contribution in [0.4, 0.5) is 5.69 Å². The standard InChI is InChI=1S/C18H24N2/c1-14-6-4-8-17(12-14)13-20(11-10-19)18-9-5-7-15(2)16(18)3/h4-9,12H,10-11,13,19H2,1-3H3. The highest BCUT2D eigenvalue weighted by Gasteiger charge is 2.10. The third-order valence-corrected chi connectivity index (χ3v) is 3.77. The van der Waals surface area contributed by atoms with Crippen LogP contribution in [0.3, 0.4) is 0 Å². The molecule has 0 unspecified atom stereocenters. The van der Waals surface area contributed by atoms with Crippen molar-refractivity contribution in [3.63, 3.8) is 0 Å². The first-order valence-corrected chi connectivity index (χ1v) is 7.18. The van der Waals surface area contributed by atoms with Crippen molar-refractivity contribution >= 4 is 5.69 Å². The fourth-order valence-electron chi connectivity index (χ4n) is 2.55. The summed E-state index contributed by atoms with van der Waals surface area (Å²) in [7, 11) is 0. The molecule has 0 heterocycles. The van der Waals surface area contributed by atoms with Gasteiger partial charge in [-0.25, -0.2) is 0 Å². The lowest BCUT2D eigenvalue weighted by molar-refractivity contribution is 0.786. The van der Waals surface area contributed by atoms with Crippen molar-refractivity contribution in [3.8, 4) is 0 Å². The van der Waals surface area contributed by atoms with Gasteiger partial charge >= 0.3 is 0 Å². The van der Waals surface area contributed by atoms with Crippen molar-refractivity contribution in [2.45, 2.75) is 27.3 Å². The Bertz CT molecular complexity index is 575. The first-order chi connectivity index (χ1) is 9.61. The SMILES string of the molecule is Cc1cccc(CN(CCN)c2cccc(C)c2C)c1. The first kappa shape index (κ1) is 14.6. The van der Waals surface area contributed by atoms with Crippen LogP contribution in [0, 0.1) is 20.8 Å². The van der Waals surface area contributed by atoms with E-state index in [1.165, 1.54) is 27.9 Å². The highest BCUT2D eigenvalue weighted by molar-refractivity contribution is 5.56.